The zero-order valence-corrected chi connectivity index (χ0v) is 15.4. The Morgan fingerprint density at radius 1 is 1.29 bits per heavy atom. The average molecular weight is 331 g/mol. The van der Waals surface area contributed by atoms with E-state index in [1.165, 1.54) is 0 Å². The van der Waals surface area contributed by atoms with Crippen molar-refractivity contribution in [3.05, 3.63) is 34.9 Å². The van der Waals surface area contributed by atoms with E-state index in [1.807, 2.05) is 40.2 Å². The Balaban J connectivity index is 3.30. The minimum atomic E-state index is -4.10. The molecule has 0 heterocycles. The van der Waals surface area contributed by atoms with Gasteiger partial charge in [0, 0.05) is 0 Å². The highest BCUT2D eigenvalue weighted by Gasteiger charge is 2.26. The fourth-order valence-electron chi connectivity index (χ4n) is 2.35. The summed E-state index contributed by atoms with van der Waals surface area (Å²) < 4.78 is 17.4. The van der Waals surface area contributed by atoms with Crippen molar-refractivity contribution in [3.63, 3.8) is 0 Å². The molecular weight excluding hydrogens is 305 g/mol. The second-order valence-electron chi connectivity index (χ2n) is 6.82. The molecule has 1 aromatic rings. The van der Waals surface area contributed by atoms with Gasteiger partial charge < -0.3 is 13.9 Å². The molecule has 1 aromatic carbocycles. The highest BCUT2D eigenvalue weighted by molar-refractivity contribution is 8.43. The quantitative estimate of drug-likeness (QED) is 0.494. The molecule has 2 unspecified atom stereocenters. The molecule has 0 N–H and O–H groups in total. The van der Waals surface area contributed by atoms with Crippen LogP contribution in [0.2, 0.25) is 0 Å². The summed E-state index contributed by atoms with van der Waals surface area (Å²) in [6.45, 7) is 2.63. The lowest BCUT2D eigenvalue weighted by Crippen LogP contribution is -2.39. The number of nitrogens with zero attached hydrogens (tertiary/aromatic N) is 1. The molecule has 0 radical (unpaired) electrons. The predicted octanol–water partition coefficient (Wildman–Crippen LogP) is 3.28. The number of thiol groups is 1. The lowest BCUT2D eigenvalue weighted by Gasteiger charge is -2.33. The maximum atomic E-state index is 11.5. The van der Waals surface area contributed by atoms with Gasteiger partial charge in [-0.25, -0.2) is 0 Å². The van der Waals surface area contributed by atoms with E-state index in [9.17, 15) is 9.46 Å². The van der Waals surface area contributed by atoms with Crippen LogP contribution < -0.4 is 4.89 Å². The summed E-state index contributed by atoms with van der Waals surface area (Å²) >= 11 is 3.58. The van der Waals surface area contributed by atoms with Crippen LogP contribution in [-0.4, -0.2) is 32.2 Å². The Bertz CT molecular complexity index is 534. The highest BCUT2D eigenvalue weighted by atomic mass is 32.7. The van der Waals surface area contributed by atoms with Crippen LogP contribution in [0.1, 0.15) is 42.6 Å². The summed E-state index contributed by atoms with van der Waals surface area (Å²) in [6, 6.07) is 6.11. The monoisotopic (exact) mass is 331 g/mol. The molecule has 0 aliphatic rings. The number of hydrogen-bond acceptors (Lipinski definition) is 3. The van der Waals surface area contributed by atoms with Crippen molar-refractivity contribution in [2.75, 3.05) is 27.7 Å². The van der Waals surface area contributed by atoms with Gasteiger partial charge in [-0.2, -0.15) is 0 Å². The van der Waals surface area contributed by atoms with Crippen molar-refractivity contribution in [3.8, 4) is 0 Å². The van der Waals surface area contributed by atoms with Gasteiger partial charge in [-0.3, -0.25) is 4.57 Å². The molecule has 0 aliphatic carbocycles. The fourth-order valence-corrected chi connectivity index (χ4v) is 3.19. The highest BCUT2D eigenvalue weighted by Crippen LogP contribution is 2.48. The first-order valence-corrected chi connectivity index (χ1v) is 9.72. The van der Waals surface area contributed by atoms with Crippen LogP contribution in [0.15, 0.2) is 18.2 Å². The molecule has 120 valence electrons. The van der Waals surface area contributed by atoms with Gasteiger partial charge in [0.1, 0.15) is 12.6 Å². The maximum Gasteiger partial charge on any atom is 0.189 e. The molecule has 0 bridgehead atoms. The number of hydrogen-bond donors (Lipinski definition) is 1. The molecule has 0 aliphatic heterocycles. The molecule has 4 nitrogen and oxygen atoms in total. The summed E-state index contributed by atoms with van der Waals surface area (Å²) in [5.41, 5.74) is 3.13. The molecule has 2 atom stereocenters. The van der Waals surface area contributed by atoms with Crippen molar-refractivity contribution in [1.82, 2.24) is 0 Å². The summed E-state index contributed by atoms with van der Waals surface area (Å²) in [6.07, 6.45) is -0.525. The molecular formula is C15H26NO3PS. The van der Waals surface area contributed by atoms with Crippen LogP contribution in [-0.2, 0) is 9.09 Å². The molecule has 0 saturated carbocycles. The minimum absolute atomic E-state index is 0.296. The van der Waals surface area contributed by atoms with Crippen molar-refractivity contribution >= 4 is 19.0 Å². The van der Waals surface area contributed by atoms with E-state index in [-0.39, 0.29) is 0 Å². The van der Waals surface area contributed by atoms with Crippen molar-refractivity contribution in [1.29, 1.82) is 0 Å². The van der Waals surface area contributed by atoms with E-state index in [0.717, 1.165) is 16.7 Å². The second-order valence-corrected chi connectivity index (χ2v) is 9.44. The van der Waals surface area contributed by atoms with E-state index < -0.39 is 12.9 Å². The van der Waals surface area contributed by atoms with E-state index >= 15 is 0 Å². The summed E-state index contributed by atoms with van der Waals surface area (Å²) in [5, 5.41) is 0. The van der Waals surface area contributed by atoms with E-state index in [2.05, 4.69) is 32.2 Å². The van der Waals surface area contributed by atoms with Crippen LogP contribution in [0, 0.1) is 6.92 Å². The largest absolute Gasteiger partial charge is 0.770 e. The summed E-state index contributed by atoms with van der Waals surface area (Å²) in [5.74, 6) is 0.296. The SMILES string of the molecule is Cc1ccc(C(C)C)c(C(C[N+](C)(C)C)OP(=O)([O-])S)c1. The Hall–Kier alpha value is -0.320. The topological polar surface area (TPSA) is 49.4 Å². The van der Waals surface area contributed by atoms with Crippen LogP contribution in [0.4, 0.5) is 0 Å². The van der Waals surface area contributed by atoms with Gasteiger partial charge >= 0.3 is 0 Å². The zero-order valence-electron chi connectivity index (χ0n) is 13.7. The molecule has 0 amide bonds. The fraction of sp³-hybridized carbons (Fsp3) is 0.600. The number of rotatable bonds is 6. The number of quaternary nitrogens is 1. The molecule has 0 saturated heterocycles. The van der Waals surface area contributed by atoms with Gasteiger partial charge in [0.2, 0.25) is 0 Å². The normalized spacial score (nSPS) is 16.8. The Labute approximate surface area is 133 Å². The standard InChI is InChI=1S/C15H26NO3PS/c1-11(2)13-8-7-12(3)9-14(13)15(10-16(4,5)6)19-20(17,18)21/h7-9,11,15H,10H2,1-6H3,(H-,17,18,21). The van der Waals surface area contributed by atoms with Gasteiger partial charge in [0.05, 0.1) is 21.1 Å². The first-order chi connectivity index (χ1) is 9.39. The number of aryl methyl sites for hydroxylation is 1. The molecule has 21 heavy (non-hydrogen) atoms. The first kappa shape index (κ1) is 18.7. The second kappa shape index (κ2) is 6.84. The first-order valence-electron chi connectivity index (χ1n) is 7.02. The van der Waals surface area contributed by atoms with Gasteiger partial charge in [-0.15, -0.1) is 12.2 Å². The summed E-state index contributed by atoms with van der Waals surface area (Å²) in [7, 11) is 6.03. The van der Waals surface area contributed by atoms with Crippen molar-refractivity contribution < 1.29 is 18.5 Å². The average Bonchev–Trinajstić information content (AvgIpc) is 2.23. The van der Waals surface area contributed by atoms with Crippen LogP contribution in [0.3, 0.4) is 0 Å². The van der Waals surface area contributed by atoms with Gasteiger partial charge in [0.15, 0.2) is 6.80 Å². The van der Waals surface area contributed by atoms with E-state index in [0.29, 0.717) is 16.9 Å². The predicted molar refractivity (Wildman–Crippen MR) is 88.6 cm³/mol. The molecule has 0 fully saturated rings. The Morgan fingerprint density at radius 2 is 1.86 bits per heavy atom. The third-order valence-corrected chi connectivity index (χ3v) is 3.99. The van der Waals surface area contributed by atoms with Crippen LogP contribution in [0.25, 0.3) is 0 Å². The van der Waals surface area contributed by atoms with Crippen LogP contribution >= 0.6 is 19.0 Å². The van der Waals surface area contributed by atoms with Crippen molar-refractivity contribution in [2.24, 2.45) is 0 Å². The van der Waals surface area contributed by atoms with E-state index in [4.69, 9.17) is 4.52 Å². The lowest BCUT2D eigenvalue weighted by atomic mass is 9.92. The lowest BCUT2D eigenvalue weighted by molar-refractivity contribution is -0.874. The summed E-state index contributed by atoms with van der Waals surface area (Å²) in [4.78, 5) is 11.5. The van der Waals surface area contributed by atoms with Gasteiger partial charge in [-0.1, -0.05) is 37.6 Å². The number of benzene rings is 1. The third kappa shape index (κ3) is 6.54. The molecule has 0 aromatic heterocycles. The van der Waals surface area contributed by atoms with Gasteiger partial charge in [0.25, 0.3) is 0 Å². The van der Waals surface area contributed by atoms with E-state index in [1.54, 1.807) is 0 Å². The minimum Gasteiger partial charge on any atom is -0.770 e. The molecule has 1 rings (SSSR count). The van der Waals surface area contributed by atoms with Crippen LogP contribution in [0.5, 0.6) is 0 Å². The van der Waals surface area contributed by atoms with Crippen molar-refractivity contribution in [2.45, 2.75) is 32.8 Å². The Kier molecular flexibility index (Phi) is 6.10. The van der Waals surface area contributed by atoms with Gasteiger partial charge in [-0.05, 0) is 24.0 Å². The molecule has 0 spiro atoms. The smallest absolute Gasteiger partial charge is 0.189 e. The maximum absolute atomic E-state index is 11.5. The third-order valence-electron chi connectivity index (χ3n) is 3.19. The Morgan fingerprint density at radius 3 is 2.29 bits per heavy atom. The number of likely N-dealkylation sites (N-methyl/N-ethyl adjacent to an activating group) is 1. The zero-order chi connectivity index (χ0) is 16.4. The molecule has 6 heteroatoms.